The molecular weight excluding hydrogens is 284 g/mol. The monoisotopic (exact) mass is 298 g/mol. The fraction of sp³-hybridized carbons (Fsp3) is 0.333. The van der Waals surface area contributed by atoms with Crippen molar-refractivity contribution in [2.75, 3.05) is 0 Å². The van der Waals surface area contributed by atoms with E-state index in [1.807, 2.05) is 26.0 Å². The van der Waals surface area contributed by atoms with E-state index in [2.05, 4.69) is 10.2 Å². The summed E-state index contributed by atoms with van der Waals surface area (Å²) in [6.07, 6.45) is 0. The van der Waals surface area contributed by atoms with Gasteiger partial charge < -0.3 is 5.73 Å². The predicted octanol–water partition coefficient (Wildman–Crippen LogP) is 2.42. The molecule has 19 heavy (non-hydrogen) atoms. The normalized spacial score (nSPS) is 11.2. The van der Waals surface area contributed by atoms with Crippen molar-refractivity contribution in [3.05, 3.63) is 39.3 Å². The number of aromatic nitrogens is 3. The molecule has 2 aromatic rings. The summed E-state index contributed by atoms with van der Waals surface area (Å²) < 4.78 is 1.61. The number of nitrogens with zero attached hydrogens (tertiary/aromatic N) is 2. The van der Waals surface area contributed by atoms with Gasteiger partial charge >= 0.3 is 5.69 Å². The van der Waals surface area contributed by atoms with Crippen LogP contribution < -0.4 is 11.4 Å². The molecule has 0 aliphatic carbocycles. The Balaban J connectivity index is 2.39. The van der Waals surface area contributed by atoms with E-state index in [4.69, 9.17) is 17.3 Å². The second-order valence-corrected chi connectivity index (χ2v) is 5.78. The minimum atomic E-state index is -0.208. The van der Waals surface area contributed by atoms with Crippen LogP contribution in [0.1, 0.15) is 25.5 Å². The molecule has 0 aliphatic rings. The topological polar surface area (TPSA) is 76.7 Å². The van der Waals surface area contributed by atoms with E-state index < -0.39 is 0 Å². The maximum Gasteiger partial charge on any atom is 0.344 e. The van der Waals surface area contributed by atoms with Crippen molar-refractivity contribution in [3.8, 4) is 0 Å². The molecule has 0 spiro atoms. The van der Waals surface area contributed by atoms with Crippen LogP contribution in [0.3, 0.4) is 0 Å². The minimum absolute atomic E-state index is 0.0439. The molecule has 0 radical (unpaired) electrons. The Kier molecular flexibility index (Phi) is 4.34. The van der Waals surface area contributed by atoms with Gasteiger partial charge in [0.05, 0.1) is 0 Å². The summed E-state index contributed by atoms with van der Waals surface area (Å²) in [4.78, 5) is 12.6. The first-order valence-corrected chi connectivity index (χ1v) is 7.05. The summed E-state index contributed by atoms with van der Waals surface area (Å²) >= 11 is 7.35. The van der Waals surface area contributed by atoms with E-state index in [-0.39, 0.29) is 11.7 Å². The molecule has 1 aromatic carbocycles. The number of halogens is 1. The maximum absolute atomic E-state index is 11.7. The molecule has 0 atom stereocenters. The molecule has 1 heterocycles. The number of aromatic amines is 1. The first-order chi connectivity index (χ1) is 9.02. The Morgan fingerprint density at radius 1 is 1.53 bits per heavy atom. The molecule has 5 nitrogen and oxygen atoms in total. The van der Waals surface area contributed by atoms with Gasteiger partial charge in [-0.15, -0.1) is 5.10 Å². The van der Waals surface area contributed by atoms with Crippen LogP contribution in [-0.4, -0.2) is 14.8 Å². The van der Waals surface area contributed by atoms with Gasteiger partial charge in [0.25, 0.3) is 0 Å². The van der Waals surface area contributed by atoms with Gasteiger partial charge in [-0.25, -0.2) is 9.89 Å². The summed E-state index contributed by atoms with van der Waals surface area (Å²) in [5, 5.41) is 7.78. The molecule has 0 fully saturated rings. The summed E-state index contributed by atoms with van der Waals surface area (Å²) in [7, 11) is 0. The largest absolute Gasteiger partial charge is 0.344 e. The zero-order valence-corrected chi connectivity index (χ0v) is 12.3. The predicted molar refractivity (Wildman–Crippen MR) is 76.7 cm³/mol. The van der Waals surface area contributed by atoms with Gasteiger partial charge in [0, 0.05) is 22.5 Å². The first kappa shape index (κ1) is 14.2. The summed E-state index contributed by atoms with van der Waals surface area (Å²) in [6.45, 7) is 4.26. The molecule has 7 heteroatoms. The average molecular weight is 299 g/mol. The van der Waals surface area contributed by atoms with Crippen LogP contribution >= 0.6 is 23.4 Å². The molecule has 102 valence electrons. The molecule has 0 amide bonds. The quantitative estimate of drug-likeness (QED) is 0.909. The highest BCUT2D eigenvalue weighted by Crippen LogP contribution is 2.31. The van der Waals surface area contributed by atoms with Crippen LogP contribution in [-0.2, 0) is 6.54 Å². The standard InChI is InChI=1S/C12H15ClN4OS/c1-7(2)17-11(18)15-16-12(17)19-10-4-3-9(13)5-8(10)6-14/h3-5,7H,6,14H2,1-2H3,(H,15,18). The Morgan fingerprint density at radius 2 is 2.26 bits per heavy atom. The van der Waals surface area contributed by atoms with Crippen molar-refractivity contribution >= 4 is 23.4 Å². The van der Waals surface area contributed by atoms with Crippen molar-refractivity contribution in [2.45, 2.75) is 36.5 Å². The average Bonchev–Trinajstić information content (AvgIpc) is 2.72. The third kappa shape index (κ3) is 3.02. The van der Waals surface area contributed by atoms with Crippen LogP contribution in [0.15, 0.2) is 33.0 Å². The number of H-pyrrole nitrogens is 1. The van der Waals surface area contributed by atoms with Gasteiger partial charge in [-0.1, -0.05) is 11.6 Å². The molecule has 0 unspecified atom stereocenters. The molecular formula is C12H15ClN4OS. The molecule has 0 saturated carbocycles. The van der Waals surface area contributed by atoms with E-state index in [1.165, 1.54) is 11.8 Å². The smallest absolute Gasteiger partial charge is 0.326 e. The van der Waals surface area contributed by atoms with Crippen molar-refractivity contribution in [1.29, 1.82) is 0 Å². The van der Waals surface area contributed by atoms with Gasteiger partial charge in [-0.3, -0.25) is 4.57 Å². The van der Waals surface area contributed by atoms with E-state index >= 15 is 0 Å². The molecule has 0 bridgehead atoms. The minimum Gasteiger partial charge on any atom is -0.326 e. The first-order valence-electron chi connectivity index (χ1n) is 5.86. The molecule has 2 rings (SSSR count). The fourth-order valence-electron chi connectivity index (χ4n) is 1.72. The Morgan fingerprint density at radius 3 is 2.89 bits per heavy atom. The lowest BCUT2D eigenvalue weighted by Crippen LogP contribution is -2.19. The summed E-state index contributed by atoms with van der Waals surface area (Å²) in [5.41, 5.74) is 6.43. The van der Waals surface area contributed by atoms with Crippen LogP contribution in [0.2, 0.25) is 5.02 Å². The van der Waals surface area contributed by atoms with Crippen LogP contribution in [0, 0.1) is 0 Å². The second-order valence-electron chi connectivity index (χ2n) is 4.33. The van der Waals surface area contributed by atoms with Gasteiger partial charge in [0.2, 0.25) is 0 Å². The molecule has 3 N–H and O–H groups in total. The lowest BCUT2D eigenvalue weighted by molar-refractivity contribution is 0.534. The van der Waals surface area contributed by atoms with Crippen molar-refractivity contribution in [1.82, 2.24) is 14.8 Å². The Bertz CT molecular complexity index is 635. The zero-order chi connectivity index (χ0) is 14.0. The van der Waals surface area contributed by atoms with Crippen molar-refractivity contribution in [2.24, 2.45) is 5.73 Å². The lowest BCUT2D eigenvalue weighted by Gasteiger charge is -2.10. The van der Waals surface area contributed by atoms with Gasteiger partial charge in [-0.2, -0.15) is 0 Å². The molecule has 0 saturated heterocycles. The van der Waals surface area contributed by atoms with Crippen LogP contribution in [0.25, 0.3) is 0 Å². The van der Waals surface area contributed by atoms with Gasteiger partial charge in [-0.05, 0) is 49.4 Å². The highest BCUT2D eigenvalue weighted by atomic mass is 35.5. The van der Waals surface area contributed by atoms with Gasteiger partial charge in [0.15, 0.2) is 5.16 Å². The lowest BCUT2D eigenvalue weighted by atomic mass is 10.2. The summed E-state index contributed by atoms with van der Waals surface area (Å²) in [5.74, 6) is 0. The number of nitrogens with one attached hydrogen (secondary N) is 1. The second kappa shape index (κ2) is 5.81. The highest BCUT2D eigenvalue weighted by molar-refractivity contribution is 7.99. The van der Waals surface area contributed by atoms with Crippen molar-refractivity contribution in [3.63, 3.8) is 0 Å². The zero-order valence-electron chi connectivity index (χ0n) is 10.7. The highest BCUT2D eigenvalue weighted by Gasteiger charge is 2.14. The molecule has 0 aliphatic heterocycles. The third-order valence-electron chi connectivity index (χ3n) is 2.63. The number of nitrogens with two attached hydrogens (primary N) is 1. The number of benzene rings is 1. The number of hydrogen-bond donors (Lipinski definition) is 2. The molecule has 1 aromatic heterocycles. The summed E-state index contributed by atoms with van der Waals surface area (Å²) in [6, 6.07) is 5.56. The van der Waals surface area contributed by atoms with Crippen LogP contribution in [0.4, 0.5) is 0 Å². The number of rotatable bonds is 4. The van der Waals surface area contributed by atoms with Crippen LogP contribution in [0.5, 0.6) is 0 Å². The Labute approximate surface area is 120 Å². The maximum atomic E-state index is 11.7. The van der Waals surface area contributed by atoms with E-state index in [9.17, 15) is 4.79 Å². The van der Waals surface area contributed by atoms with E-state index in [1.54, 1.807) is 10.6 Å². The SMILES string of the molecule is CC(C)n1c(Sc2ccc(Cl)cc2CN)n[nH]c1=O. The van der Waals surface area contributed by atoms with E-state index in [0.29, 0.717) is 16.7 Å². The third-order valence-corrected chi connectivity index (χ3v) is 3.96. The Hall–Kier alpha value is -1.24. The van der Waals surface area contributed by atoms with E-state index in [0.717, 1.165) is 10.5 Å². The fourth-order valence-corrected chi connectivity index (χ4v) is 3.01. The number of hydrogen-bond acceptors (Lipinski definition) is 4. The van der Waals surface area contributed by atoms with Crippen molar-refractivity contribution < 1.29 is 0 Å². The van der Waals surface area contributed by atoms with Gasteiger partial charge in [0.1, 0.15) is 0 Å².